The summed E-state index contributed by atoms with van der Waals surface area (Å²) >= 11 is 0.944. The van der Waals surface area contributed by atoms with E-state index in [9.17, 15) is 79.4 Å². The Morgan fingerprint density at radius 3 is 1.60 bits per heavy atom. The fourth-order valence-electron chi connectivity index (χ4n) is 3.23. The smallest absolute Gasteiger partial charge is 0.460 e. The summed E-state index contributed by atoms with van der Waals surface area (Å²) in [6.45, 7) is 0.0828. The van der Waals surface area contributed by atoms with Crippen LogP contribution in [0, 0.1) is 6.92 Å². The number of aryl methyl sites for hydroxylation is 1. The van der Waals surface area contributed by atoms with Gasteiger partial charge in [-0.25, -0.2) is 9.78 Å². The van der Waals surface area contributed by atoms with Gasteiger partial charge in [0.1, 0.15) is 0 Å². The Morgan fingerprint density at radius 2 is 1.14 bits per heavy atom. The molecule has 0 saturated heterocycles. The lowest BCUT2D eigenvalue weighted by Crippen LogP contribution is -2.74. The van der Waals surface area contributed by atoms with Gasteiger partial charge in [-0.05, 0) is 18.9 Å². The molecule has 0 aliphatic rings. The summed E-state index contributed by atoms with van der Waals surface area (Å²) in [4.78, 5) is 16.3. The number of carbonyl (C=O) groups is 1. The molecular formula is C22H14F17NO2S. The lowest BCUT2D eigenvalue weighted by Gasteiger charge is -2.42. The maximum absolute atomic E-state index is 14.0. The van der Waals surface area contributed by atoms with Crippen molar-refractivity contribution in [2.45, 2.75) is 67.4 Å². The number of benzene rings is 1. The first kappa shape index (κ1) is 36.3. The molecule has 1 aromatic carbocycles. The maximum Gasteiger partial charge on any atom is 0.460 e. The summed E-state index contributed by atoms with van der Waals surface area (Å²) in [6, 6.07) is 7.69. The number of hydrogen-bond donors (Lipinski definition) is 0. The largest absolute Gasteiger partial charge is 0.461 e. The van der Waals surface area contributed by atoms with E-state index in [0.717, 1.165) is 11.3 Å². The van der Waals surface area contributed by atoms with E-state index in [4.69, 9.17) is 0 Å². The van der Waals surface area contributed by atoms with E-state index in [0.29, 0.717) is 5.56 Å². The van der Waals surface area contributed by atoms with Crippen LogP contribution in [0.25, 0.3) is 10.4 Å². The number of thiazole rings is 1. The van der Waals surface area contributed by atoms with Gasteiger partial charge in [0.05, 0.1) is 16.5 Å². The summed E-state index contributed by atoms with van der Waals surface area (Å²) in [7, 11) is 0. The highest BCUT2D eigenvalue weighted by atomic mass is 32.1. The Labute approximate surface area is 232 Å². The van der Waals surface area contributed by atoms with Gasteiger partial charge in [0.15, 0.2) is 5.69 Å². The highest BCUT2D eigenvalue weighted by molar-refractivity contribution is 7.15. The fraction of sp³-hybridized carbons (Fsp3) is 0.545. The zero-order valence-corrected chi connectivity index (χ0v) is 21.4. The van der Waals surface area contributed by atoms with E-state index in [1.807, 2.05) is 0 Å². The lowest BCUT2D eigenvalue weighted by atomic mass is 9.88. The summed E-state index contributed by atoms with van der Waals surface area (Å²) in [5.41, 5.74) is -0.0134. The van der Waals surface area contributed by atoms with Crippen molar-refractivity contribution in [2.24, 2.45) is 0 Å². The van der Waals surface area contributed by atoms with Gasteiger partial charge in [-0.3, -0.25) is 0 Å². The fourth-order valence-corrected chi connectivity index (χ4v) is 4.14. The second-order valence-corrected chi connectivity index (χ2v) is 9.87. The van der Waals surface area contributed by atoms with Gasteiger partial charge in [-0.15, -0.1) is 11.3 Å². The highest BCUT2D eigenvalue weighted by Gasteiger charge is 2.95. The third-order valence-electron chi connectivity index (χ3n) is 5.62. The van der Waals surface area contributed by atoms with Crippen molar-refractivity contribution < 1.29 is 84.2 Å². The minimum Gasteiger partial charge on any atom is -0.461 e. The lowest BCUT2D eigenvalue weighted by molar-refractivity contribution is -0.461. The van der Waals surface area contributed by atoms with Gasteiger partial charge in [0.25, 0.3) is 0 Å². The zero-order valence-electron chi connectivity index (χ0n) is 20.6. The van der Waals surface area contributed by atoms with Gasteiger partial charge in [0.2, 0.25) is 0 Å². The van der Waals surface area contributed by atoms with Gasteiger partial charge < -0.3 is 4.74 Å². The first-order valence-corrected chi connectivity index (χ1v) is 11.8. The van der Waals surface area contributed by atoms with Crippen molar-refractivity contribution in [1.29, 1.82) is 0 Å². The molecular weight excluding hydrogens is 665 g/mol. The topological polar surface area (TPSA) is 39.2 Å². The molecule has 0 aliphatic carbocycles. The Morgan fingerprint density at radius 1 is 0.698 bits per heavy atom. The molecule has 0 aliphatic heterocycles. The SMILES string of the molecule is Cc1nc(C(=O)OCCCC(F)(F)C(F)(F)C(F)(F)C(F)(F)C(F)(F)C(F)(F)C(F)(F)C(F)(F)F)c(-c2ccccc2)s1. The molecule has 0 unspecified atom stereocenters. The normalized spacial score (nSPS) is 14.7. The molecule has 0 atom stereocenters. The predicted molar refractivity (Wildman–Crippen MR) is 112 cm³/mol. The van der Waals surface area contributed by atoms with E-state index in [1.54, 1.807) is 18.2 Å². The molecule has 0 amide bonds. The van der Waals surface area contributed by atoms with E-state index >= 15 is 0 Å². The van der Waals surface area contributed by atoms with Crippen LogP contribution in [0.15, 0.2) is 30.3 Å². The molecule has 0 bridgehead atoms. The van der Waals surface area contributed by atoms with E-state index in [2.05, 4.69) is 9.72 Å². The molecule has 0 spiro atoms. The Hall–Kier alpha value is -2.87. The van der Waals surface area contributed by atoms with Crippen molar-refractivity contribution in [1.82, 2.24) is 4.98 Å². The quantitative estimate of drug-likeness (QED) is 0.128. The highest BCUT2D eigenvalue weighted by Crippen LogP contribution is 2.64. The molecule has 2 rings (SSSR count). The Kier molecular flexibility index (Phi) is 9.50. The van der Waals surface area contributed by atoms with Crippen molar-refractivity contribution in [3.63, 3.8) is 0 Å². The van der Waals surface area contributed by atoms with Crippen LogP contribution in [0.2, 0.25) is 0 Å². The summed E-state index contributed by atoms with van der Waals surface area (Å²) < 4.78 is 231. The van der Waals surface area contributed by atoms with Crippen molar-refractivity contribution >= 4 is 17.3 Å². The van der Waals surface area contributed by atoms with Gasteiger partial charge >= 0.3 is 53.6 Å². The number of nitrogens with zero attached hydrogens (tertiary/aromatic N) is 1. The number of rotatable bonds is 12. The predicted octanol–water partition coefficient (Wildman–Crippen LogP) is 9.06. The molecule has 43 heavy (non-hydrogen) atoms. The first-order chi connectivity index (χ1) is 19.1. The van der Waals surface area contributed by atoms with E-state index in [1.165, 1.54) is 19.1 Å². The number of aromatic nitrogens is 1. The number of hydrogen-bond acceptors (Lipinski definition) is 4. The van der Waals surface area contributed by atoms with Crippen LogP contribution in [0.4, 0.5) is 74.6 Å². The molecule has 2 aromatic rings. The maximum atomic E-state index is 14.0. The van der Waals surface area contributed by atoms with Crippen LogP contribution in [-0.2, 0) is 4.74 Å². The molecule has 0 fully saturated rings. The van der Waals surface area contributed by atoms with E-state index < -0.39 is 78.7 Å². The second kappa shape index (κ2) is 11.2. The average molecular weight is 679 g/mol. The average Bonchev–Trinajstić information content (AvgIpc) is 3.27. The number of halogens is 17. The molecule has 1 heterocycles. The molecule has 3 nitrogen and oxygen atoms in total. The summed E-state index contributed by atoms with van der Waals surface area (Å²) in [5, 5.41) is 0.274. The molecule has 0 radical (unpaired) electrons. The van der Waals surface area contributed by atoms with Crippen LogP contribution in [0.1, 0.15) is 28.3 Å². The molecule has 1 aromatic heterocycles. The minimum absolute atomic E-state index is 0.177. The van der Waals surface area contributed by atoms with Gasteiger partial charge in [0, 0.05) is 6.42 Å². The standard InChI is InChI=1S/C22H14F17NO2S/c1-10-40-12(13(43-10)11-6-3-2-4-7-11)14(41)42-9-5-8-15(23,24)16(25,26)17(27,28)18(29,30)19(31,32)20(33,34)21(35,36)22(37,38)39/h2-4,6-7H,5,8-9H2,1H3. The number of ether oxygens (including phenoxy) is 1. The molecule has 244 valence electrons. The monoisotopic (exact) mass is 679 g/mol. The van der Waals surface area contributed by atoms with Crippen molar-refractivity contribution in [3.05, 3.63) is 41.0 Å². The zero-order chi connectivity index (χ0) is 33.7. The number of esters is 1. The summed E-state index contributed by atoms with van der Waals surface area (Å²) in [5.74, 6) is -58.1. The molecule has 0 N–H and O–H groups in total. The van der Waals surface area contributed by atoms with Crippen molar-refractivity contribution in [2.75, 3.05) is 6.61 Å². The Bertz CT molecular complexity index is 1290. The van der Waals surface area contributed by atoms with Crippen LogP contribution in [-0.4, -0.2) is 65.2 Å². The van der Waals surface area contributed by atoms with Crippen molar-refractivity contribution in [3.8, 4) is 10.4 Å². The first-order valence-electron chi connectivity index (χ1n) is 11.0. The Balaban J connectivity index is 2.24. The third-order valence-corrected chi connectivity index (χ3v) is 6.64. The number of carbonyl (C=O) groups excluding carboxylic acids is 1. The van der Waals surface area contributed by atoms with Gasteiger partial charge in [-0.1, -0.05) is 30.3 Å². The number of alkyl halides is 17. The van der Waals surface area contributed by atoms with Crippen LogP contribution in [0.5, 0.6) is 0 Å². The van der Waals surface area contributed by atoms with E-state index in [-0.39, 0.29) is 9.88 Å². The third kappa shape index (κ3) is 5.84. The molecule has 0 saturated carbocycles. The minimum atomic E-state index is -8.68. The van der Waals surface area contributed by atoms with Crippen LogP contribution >= 0.6 is 11.3 Å². The molecule has 21 heteroatoms. The van der Waals surface area contributed by atoms with Crippen LogP contribution in [0.3, 0.4) is 0 Å². The van der Waals surface area contributed by atoms with Crippen LogP contribution < -0.4 is 0 Å². The summed E-state index contributed by atoms with van der Waals surface area (Å²) in [6.07, 6.45) is -12.1. The van der Waals surface area contributed by atoms with Gasteiger partial charge in [-0.2, -0.15) is 74.6 Å². The second-order valence-electron chi connectivity index (χ2n) is 8.66.